The maximum atomic E-state index is 12.1. The van der Waals surface area contributed by atoms with E-state index < -0.39 is 5.54 Å². The van der Waals surface area contributed by atoms with Gasteiger partial charge in [-0.15, -0.1) is 0 Å². The number of nitrogens with zero attached hydrogens (tertiary/aromatic N) is 2. The second-order valence-electron chi connectivity index (χ2n) is 5.30. The molecule has 0 bridgehead atoms. The van der Waals surface area contributed by atoms with Gasteiger partial charge < -0.3 is 15.0 Å². The van der Waals surface area contributed by atoms with Crippen LogP contribution in [0.25, 0.3) is 0 Å². The molecule has 0 saturated carbocycles. The molecule has 5 heteroatoms. The van der Waals surface area contributed by atoms with E-state index in [1.807, 2.05) is 18.7 Å². The Kier molecular flexibility index (Phi) is 4.01. The molecule has 2 rings (SSSR count). The number of carbonyl (C=O) groups excluding carboxylic acids is 1. The number of nitrogens with one attached hydrogen (secondary N) is 1. The molecule has 0 unspecified atom stereocenters. The lowest BCUT2D eigenvalue weighted by Crippen LogP contribution is -2.62. The summed E-state index contributed by atoms with van der Waals surface area (Å²) in [5.74, 6) is 0.219. The average molecular weight is 241 g/mol. The number of hydrogen-bond acceptors (Lipinski definition) is 4. The molecule has 5 nitrogen and oxygen atoms in total. The maximum Gasteiger partial charge on any atom is 0.242 e. The minimum atomic E-state index is -0.400. The molecule has 2 saturated heterocycles. The van der Waals surface area contributed by atoms with Crippen LogP contribution < -0.4 is 5.32 Å². The van der Waals surface area contributed by atoms with Gasteiger partial charge in [-0.2, -0.15) is 0 Å². The van der Waals surface area contributed by atoms with Crippen LogP contribution in [0.5, 0.6) is 0 Å². The van der Waals surface area contributed by atoms with Gasteiger partial charge in [-0.1, -0.05) is 0 Å². The smallest absolute Gasteiger partial charge is 0.242 e. The summed E-state index contributed by atoms with van der Waals surface area (Å²) in [6, 6.07) is 0. The average Bonchev–Trinajstić information content (AvgIpc) is 2.32. The summed E-state index contributed by atoms with van der Waals surface area (Å²) < 4.78 is 5.31. The first-order chi connectivity index (χ1) is 8.09. The van der Waals surface area contributed by atoms with Gasteiger partial charge in [-0.3, -0.25) is 9.69 Å². The SMILES string of the molecule is CC1(C)NCCN(CCN2CCOCC2)C1=O. The number of morpholine rings is 1. The van der Waals surface area contributed by atoms with Crippen molar-refractivity contribution in [3.63, 3.8) is 0 Å². The molecule has 0 aliphatic carbocycles. The topological polar surface area (TPSA) is 44.8 Å². The van der Waals surface area contributed by atoms with Crippen molar-refractivity contribution in [3.05, 3.63) is 0 Å². The zero-order valence-electron chi connectivity index (χ0n) is 10.9. The molecule has 2 aliphatic rings. The molecule has 1 N–H and O–H groups in total. The van der Waals surface area contributed by atoms with Crippen molar-refractivity contribution in [2.45, 2.75) is 19.4 Å². The third-order valence-corrected chi connectivity index (χ3v) is 3.56. The normalized spacial score (nSPS) is 26.2. The Hall–Kier alpha value is -0.650. The number of rotatable bonds is 3. The van der Waals surface area contributed by atoms with E-state index in [9.17, 15) is 4.79 Å². The first-order valence-corrected chi connectivity index (χ1v) is 6.44. The van der Waals surface area contributed by atoms with Crippen LogP contribution in [0.1, 0.15) is 13.8 Å². The van der Waals surface area contributed by atoms with Crippen LogP contribution in [0.4, 0.5) is 0 Å². The predicted octanol–water partition coefficient (Wildman–Crippen LogP) is -0.471. The van der Waals surface area contributed by atoms with E-state index in [0.717, 1.165) is 52.5 Å². The van der Waals surface area contributed by atoms with Crippen molar-refractivity contribution in [1.82, 2.24) is 15.1 Å². The zero-order valence-corrected chi connectivity index (χ0v) is 10.9. The second-order valence-corrected chi connectivity index (χ2v) is 5.30. The van der Waals surface area contributed by atoms with Gasteiger partial charge in [0.05, 0.1) is 18.8 Å². The van der Waals surface area contributed by atoms with E-state index in [-0.39, 0.29) is 5.91 Å². The molecular weight excluding hydrogens is 218 g/mol. The molecule has 17 heavy (non-hydrogen) atoms. The van der Waals surface area contributed by atoms with E-state index in [1.165, 1.54) is 0 Å². The zero-order chi connectivity index (χ0) is 12.3. The molecule has 1 amide bonds. The highest BCUT2D eigenvalue weighted by Gasteiger charge is 2.34. The summed E-state index contributed by atoms with van der Waals surface area (Å²) in [5, 5.41) is 3.25. The summed E-state index contributed by atoms with van der Waals surface area (Å²) in [7, 11) is 0. The van der Waals surface area contributed by atoms with Crippen LogP contribution in [0.2, 0.25) is 0 Å². The lowest BCUT2D eigenvalue weighted by molar-refractivity contribution is -0.140. The Morgan fingerprint density at radius 2 is 1.94 bits per heavy atom. The van der Waals surface area contributed by atoms with Crippen molar-refractivity contribution >= 4 is 5.91 Å². The van der Waals surface area contributed by atoms with Crippen LogP contribution in [-0.2, 0) is 9.53 Å². The van der Waals surface area contributed by atoms with E-state index >= 15 is 0 Å². The van der Waals surface area contributed by atoms with Crippen molar-refractivity contribution in [2.24, 2.45) is 0 Å². The monoisotopic (exact) mass is 241 g/mol. The molecular formula is C12H23N3O2. The van der Waals surface area contributed by atoms with Crippen LogP contribution in [-0.4, -0.2) is 73.7 Å². The van der Waals surface area contributed by atoms with Gasteiger partial charge >= 0.3 is 0 Å². The number of ether oxygens (including phenoxy) is 1. The third-order valence-electron chi connectivity index (χ3n) is 3.56. The highest BCUT2D eigenvalue weighted by Crippen LogP contribution is 2.12. The highest BCUT2D eigenvalue weighted by molar-refractivity contribution is 5.86. The largest absolute Gasteiger partial charge is 0.379 e. The minimum absolute atomic E-state index is 0.219. The van der Waals surface area contributed by atoms with Gasteiger partial charge in [0.25, 0.3) is 0 Å². The quantitative estimate of drug-likeness (QED) is 0.725. The molecule has 2 fully saturated rings. The van der Waals surface area contributed by atoms with Crippen molar-refractivity contribution < 1.29 is 9.53 Å². The molecule has 2 heterocycles. The number of hydrogen-bond donors (Lipinski definition) is 1. The fourth-order valence-corrected chi connectivity index (χ4v) is 2.38. The number of carbonyl (C=O) groups is 1. The molecule has 2 aliphatic heterocycles. The van der Waals surface area contributed by atoms with Crippen molar-refractivity contribution in [1.29, 1.82) is 0 Å². The summed E-state index contributed by atoms with van der Waals surface area (Å²) >= 11 is 0. The van der Waals surface area contributed by atoms with Gasteiger partial charge in [-0.05, 0) is 13.8 Å². The van der Waals surface area contributed by atoms with Crippen LogP contribution in [0.15, 0.2) is 0 Å². The predicted molar refractivity (Wildman–Crippen MR) is 65.9 cm³/mol. The van der Waals surface area contributed by atoms with Gasteiger partial charge in [-0.25, -0.2) is 0 Å². The van der Waals surface area contributed by atoms with Crippen LogP contribution in [0.3, 0.4) is 0 Å². The van der Waals surface area contributed by atoms with E-state index in [2.05, 4.69) is 10.2 Å². The van der Waals surface area contributed by atoms with Gasteiger partial charge in [0.1, 0.15) is 0 Å². The van der Waals surface area contributed by atoms with Crippen molar-refractivity contribution in [2.75, 3.05) is 52.5 Å². The van der Waals surface area contributed by atoms with Crippen LogP contribution in [0, 0.1) is 0 Å². The summed E-state index contributed by atoms with van der Waals surface area (Å²) in [4.78, 5) is 16.5. The molecule has 0 aromatic carbocycles. The Balaban J connectivity index is 1.80. The molecule has 0 atom stereocenters. The fraction of sp³-hybridized carbons (Fsp3) is 0.917. The Labute approximate surface area is 103 Å². The first kappa shape index (κ1) is 12.8. The van der Waals surface area contributed by atoms with Crippen LogP contribution >= 0.6 is 0 Å². The van der Waals surface area contributed by atoms with Gasteiger partial charge in [0.2, 0.25) is 5.91 Å². The Bertz CT molecular complexity index is 275. The lowest BCUT2D eigenvalue weighted by Gasteiger charge is -2.39. The summed E-state index contributed by atoms with van der Waals surface area (Å²) in [5.41, 5.74) is -0.400. The first-order valence-electron chi connectivity index (χ1n) is 6.44. The molecule has 0 spiro atoms. The summed E-state index contributed by atoms with van der Waals surface area (Å²) in [6.45, 7) is 11.0. The second kappa shape index (κ2) is 5.33. The fourth-order valence-electron chi connectivity index (χ4n) is 2.38. The van der Waals surface area contributed by atoms with Gasteiger partial charge in [0, 0.05) is 39.3 Å². The number of amides is 1. The summed E-state index contributed by atoms with van der Waals surface area (Å²) in [6.07, 6.45) is 0. The molecule has 0 aromatic heterocycles. The van der Waals surface area contributed by atoms with E-state index in [4.69, 9.17) is 4.74 Å². The van der Waals surface area contributed by atoms with E-state index in [0.29, 0.717) is 0 Å². The standard InChI is InChI=1S/C12H23N3O2/c1-12(2)11(16)15(4-3-13-12)6-5-14-7-9-17-10-8-14/h13H,3-10H2,1-2H3. The van der Waals surface area contributed by atoms with Crippen molar-refractivity contribution in [3.8, 4) is 0 Å². The lowest BCUT2D eigenvalue weighted by atomic mass is 10.0. The molecule has 0 radical (unpaired) electrons. The van der Waals surface area contributed by atoms with Gasteiger partial charge in [0.15, 0.2) is 0 Å². The van der Waals surface area contributed by atoms with E-state index in [1.54, 1.807) is 0 Å². The Morgan fingerprint density at radius 3 is 2.65 bits per heavy atom. The molecule has 98 valence electrons. The Morgan fingerprint density at radius 1 is 1.24 bits per heavy atom. The third kappa shape index (κ3) is 3.18. The molecule has 0 aromatic rings. The minimum Gasteiger partial charge on any atom is -0.379 e. The maximum absolute atomic E-state index is 12.1. The highest BCUT2D eigenvalue weighted by atomic mass is 16.5. The number of piperazine rings is 1.